The zero-order valence-electron chi connectivity index (χ0n) is 16.5. The van der Waals surface area contributed by atoms with Crippen LogP contribution in [-0.4, -0.2) is 70.5 Å². The Labute approximate surface area is 149 Å². The fourth-order valence-corrected chi connectivity index (χ4v) is 2.30. The number of ketones is 1. The van der Waals surface area contributed by atoms with E-state index in [-0.39, 0.29) is 5.78 Å². The van der Waals surface area contributed by atoms with Gasteiger partial charge in [0.2, 0.25) is 0 Å². The number of ether oxygens (including phenoxy) is 3. The summed E-state index contributed by atoms with van der Waals surface area (Å²) in [4.78, 5) is 13.9. The number of Topliss-reactive ketones (excluding diaryl/α,β-unsaturated/α-hetero) is 1. The highest BCUT2D eigenvalue weighted by Gasteiger charge is 2.07. The van der Waals surface area contributed by atoms with Gasteiger partial charge in [0, 0.05) is 26.2 Å². The predicted molar refractivity (Wildman–Crippen MR) is 98.5 cm³/mol. The third-order valence-corrected chi connectivity index (χ3v) is 3.45. The van der Waals surface area contributed by atoms with E-state index in [0.29, 0.717) is 57.8 Å². The van der Waals surface area contributed by atoms with E-state index in [1.54, 1.807) is 0 Å². The fourth-order valence-electron chi connectivity index (χ4n) is 2.30. The molecule has 0 unspecified atom stereocenters. The lowest BCUT2D eigenvalue weighted by Gasteiger charge is -2.17. The zero-order valence-corrected chi connectivity index (χ0v) is 16.5. The molecule has 24 heavy (non-hydrogen) atoms. The summed E-state index contributed by atoms with van der Waals surface area (Å²) < 4.78 is 16.4. The quantitative estimate of drug-likeness (QED) is 0.379. The molecule has 5 heteroatoms. The Balaban J connectivity index is 3.26. The van der Waals surface area contributed by atoms with E-state index in [9.17, 15) is 4.79 Å². The highest BCUT2D eigenvalue weighted by molar-refractivity contribution is 5.80. The van der Waals surface area contributed by atoms with E-state index in [1.165, 1.54) is 0 Å². The molecule has 0 aliphatic carbocycles. The van der Waals surface area contributed by atoms with E-state index in [1.807, 2.05) is 7.05 Å². The molecule has 144 valence electrons. The molecule has 0 aliphatic rings. The third kappa shape index (κ3) is 17.9. The molecule has 0 atom stereocenters. The van der Waals surface area contributed by atoms with Crippen LogP contribution in [0.1, 0.15) is 47.0 Å². The topological polar surface area (TPSA) is 48.0 Å². The van der Waals surface area contributed by atoms with Gasteiger partial charge in [0.1, 0.15) is 5.78 Å². The minimum atomic E-state index is 0.288. The van der Waals surface area contributed by atoms with Crippen LogP contribution < -0.4 is 0 Å². The Kier molecular flexibility index (Phi) is 15.7. The summed E-state index contributed by atoms with van der Waals surface area (Å²) in [5.74, 6) is 1.56. The van der Waals surface area contributed by atoms with Crippen LogP contribution in [0.4, 0.5) is 0 Å². The second kappa shape index (κ2) is 16.0. The van der Waals surface area contributed by atoms with Crippen LogP contribution in [0, 0.1) is 11.8 Å². The number of hydrogen-bond donors (Lipinski definition) is 0. The zero-order chi connectivity index (χ0) is 18.2. The van der Waals surface area contributed by atoms with E-state index >= 15 is 0 Å². The Morgan fingerprint density at radius 3 is 1.92 bits per heavy atom. The Hall–Kier alpha value is -0.490. The fraction of sp³-hybridized carbons (Fsp3) is 0.947. The van der Waals surface area contributed by atoms with Crippen LogP contribution in [0.5, 0.6) is 0 Å². The lowest BCUT2D eigenvalue weighted by Crippen LogP contribution is -2.29. The summed E-state index contributed by atoms with van der Waals surface area (Å²) in [6.07, 6.45) is 2.47. The van der Waals surface area contributed by atoms with Gasteiger partial charge in [0.05, 0.1) is 33.0 Å². The standard InChI is InChI=1S/C19H39NO4/c1-17(2)8-10-23-12-14-24-13-11-22-9-6-7-19(21)16-20(5)15-18(3)4/h17-18H,6-16H2,1-5H3. The van der Waals surface area contributed by atoms with Crippen molar-refractivity contribution in [2.75, 3.05) is 59.8 Å². The molecule has 0 aromatic heterocycles. The number of likely N-dealkylation sites (N-methyl/N-ethyl adjacent to an activating group) is 1. The van der Waals surface area contributed by atoms with Crippen molar-refractivity contribution >= 4 is 5.78 Å². The van der Waals surface area contributed by atoms with Gasteiger partial charge in [-0.25, -0.2) is 0 Å². The van der Waals surface area contributed by atoms with Crippen LogP contribution in [0.2, 0.25) is 0 Å². The van der Waals surface area contributed by atoms with Crippen molar-refractivity contribution in [1.82, 2.24) is 4.90 Å². The molecule has 0 spiro atoms. The van der Waals surface area contributed by atoms with Crippen LogP contribution in [0.15, 0.2) is 0 Å². The highest BCUT2D eigenvalue weighted by atomic mass is 16.5. The van der Waals surface area contributed by atoms with Crippen molar-refractivity contribution in [2.24, 2.45) is 11.8 Å². The molecule has 0 amide bonds. The summed E-state index contributed by atoms with van der Waals surface area (Å²) in [7, 11) is 2.00. The van der Waals surface area contributed by atoms with Gasteiger partial charge in [-0.3, -0.25) is 9.69 Å². The maximum Gasteiger partial charge on any atom is 0.146 e. The molecule has 0 heterocycles. The smallest absolute Gasteiger partial charge is 0.146 e. The molecule has 0 aromatic rings. The third-order valence-electron chi connectivity index (χ3n) is 3.45. The molecule has 0 aromatic carbocycles. The summed E-state index contributed by atoms with van der Waals surface area (Å²) in [6.45, 7) is 14.0. The maximum atomic E-state index is 11.8. The molecule has 0 bridgehead atoms. The molecule has 0 fully saturated rings. The van der Waals surface area contributed by atoms with Crippen molar-refractivity contribution in [3.8, 4) is 0 Å². The van der Waals surface area contributed by atoms with Crippen LogP contribution in [0.3, 0.4) is 0 Å². The van der Waals surface area contributed by atoms with Crippen molar-refractivity contribution in [2.45, 2.75) is 47.0 Å². The van der Waals surface area contributed by atoms with Crippen molar-refractivity contribution < 1.29 is 19.0 Å². The molecular weight excluding hydrogens is 306 g/mol. The molecule has 0 rings (SSSR count). The first-order valence-electron chi connectivity index (χ1n) is 9.35. The first kappa shape index (κ1) is 23.5. The average Bonchev–Trinajstić information content (AvgIpc) is 2.47. The number of nitrogens with zero attached hydrogens (tertiary/aromatic N) is 1. The first-order valence-corrected chi connectivity index (χ1v) is 9.35. The molecule has 0 radical (unpaired) electrons. The summed E-state index contributed by atoms with van der Waals surface area (Å²) in [6, 6.07) is 0. The van der Waals surface area contributed by atoms with Crippen molar-refractivity contribution in [3.05, 3.63) is 0 Å². The molecular formula is C19H39NO4. The molecule has 0 aliphatic heterocycles. The Bertz CT molecular complexity index is 295. The summed E-state index contributed by atoms with van der Waals surface area (Å²) in [5, 5.41) is 0. The van der Waals surface area contributed by atoms with Crippen LogP contribution in [0.25, 0.3) is 0 Å². The van der Waals surface area contributed by atoms with Gasteiger partial charge in [-0.05, 0) is 31.7 Å². The van der Waals surface area contributed by atoms with Crippen LogP contribution >= 0.6 is 0 Å². The van der Waals surface area contributed by atoms with Crippen LogP contribution in [-0.2, 0) is 19.0 Å². The van der Waals surface area contributed by atoms with Crippen molar-refractivity contribution in [3.63, 3.8) is 0 Å². The van der Waals surface area contributed by atoms with Gasteiger partial charge < -0.3 is 14.2 Å². The highest BCUT2D eigenvalue weighted by Crippen LogP contribution is 1.99. The minimum absolute atomic E-state index is 0.288. The van der Waals surface area contributed by atoms with Gasteiger partial charge in [-0.2, -0.15) is 0 Å². The van der Waals surface area contributed by atoms with Gasteiger partial charge >= 0.3 is 0 Å². The van der Waals surface area contributed by atoms with E-state index in [2.05, 4.69) is 32.6 Å². The van der Waals surface area contributed by atoms with Crippen molar-refractivity contribution in [1.29, 1.82) is 0 Å². The predicted octanol–water partition coefficient (Wildman–Crippen LogP) is 3.02. The van der Waals surface area contributed by atoms with E-state index in [0.717, 1.165) is 26.0 Å². The number of rotatable bonds is 17. The van der Waals surface area contributed by atoms with Gasteiger partial charge in [0.15, 0.2) is 0 Å². The van der Waals surface area contributed by atoms with E-state index in [4.69, 9.17) is 14.2 Å². The number of carbonyl (C=O) groups is 1. The van der Waals surface area contributed by atoms with E-state index < -0.39 is 0 Å². The summed E-state index contributed by atoms with van der Waals surface area (Å²) in [5.41, 5.74) is 0. The van der Waals surface area contributed by atoms with Gasteiger partial charge in [-0.1, -0.05) is 27.7 Å². The number of carbonyl (C=O) groups excluding carboxylic acids is 1. The SMILES string of the molecule is CC(C)CCOCCOCCOCCCC(=O)CN(C)CC(C)C. The molecule has 0 saturated heterocycles. The Morgan fingerprint density at radius 1 is 0.833 bits per heavy atom. The monoisotopic (exact) mass is 345 g/mol. The van der Waals surface area contributed by atoms with Gasteiger partial charge in [-0.15, -0.1) is 0 Å². The Morgan fingerprint density at radius 2 is 1.38 bits per heavy atom. The molecule has 5 nitrogen and oxygen atoms in total. The molecule has 0 N–H and O–H groups in total. The largest absolute Gasteiger partial charge is 0.379 e. The normalized spacial score (nSPS) is 11.8. The number of hydrogen-bond acceptors (Lipinski definition) is 5. The second-order valence-corrected chi connectivity index (χ2v) is 7.25. The van der Waals surface area contributed by atoms with Gasteiger partial charge in [0.25, 0.3) is 0 Å². The second-order valence-electron chi connectivity index (χ2n) is 7.25. The lowest BCUT2D eigenvalue weighted by atomic mass is 10.1. The lowest BCUT2D eigenvalue weighted by molar-refractivity contribution is -0.120. The molecule has 0 saturated carbocycles. The maximum absolute atomic E-state index is 11.8. The summed E-state index contributed by atoms with van der Waals surface area (Å²) >= 11 is 0. The minimum Gasteiger partial charge on any atom is -0.379 e. The average molecular weight is 346 g/mol. The first-order chi connectivity index (χ1) is 11.4.